The van der Waals surface area contributed by atoms with Crippen molar-refractivity contribution in [2.75, 3.05) is 78.5 Å². The predicted molar refractivity (Wildman–Crippen MR) is 128 cm³/mol. The number of hydrogen-bond donors (Lipinski definition) is 14. The van der Waals surface area contributed by atoms with Crippen LogP contribution in [0.25, 0.3) is 0 Å². The van der Waals surface area contributed by atoms with Crippen LogP contribution in [-0.2, 0) is 18.3 Å². The van der Waals surface area contributed by atoms with Crippen molar-refractivity contribution in [1.82, 2.24) is 10.6 Å². The molecule has 1 aliphatic rings. The van der Waals surface area contributed by atoms with Crippen LogP contribution in [0, 0.1) is 0 Å². The Balaban J connectivity index is -0.000000108. The molecule has 28 heteroatoms. The van der Waals surface area contributed by atoms with Gasteiger partial charge in [0.15, 0.2) is 0 Å². The van der Waals surface area contributed by atoms with Gasteiger partial charge in [-0.15, -0.1) is 0 Å². The third-order valence-electron chi connectivity index (χ3n) is 3.25. The number of hydrogen-bond acceptors (Lipinski definition) is 10. The van der Waals surface area contributed by atoms with Crippen LogP contribution in [0.3, 0.4) is 0 Å². The van der Waals surface area contributed by atoms with Crippen molar-refractivity contribution in [3.05, 3.63) is 0 Å². The van der Waals surface area contributed by atoms with Crippen LogP contribution in [0.1, 0.15) is 0 Å². The van der Waals surface area contributed by atoms with Crippen molar-refractivity contribution in [1.29, 1.82) is 0 Å². The van der Waals surface area contributed by atoms with Gasteiger partial charge in [0.05, 0.1) is 26.2 Å². The summed E-state index contributed by atoms with van der Waals surface area (Å²) >= 11 is 0. The predicted octanol–water partition coefficient (Wildman–Crippen LogP) is -14.5. The van der Waals surface area contributed by atoms with E-state index < -0.39 is 31.3 Å². The van der Waals surface area contributed by atoms with Crippen molar-refractivity contribution >= 4 is 31.3 Å². The summed E-state index contributed by atoms with van der Waals surface area (Å²) in [4.78, 5) is 91.7. The maximum absolute atomic E-state index is 8.77. The topological polar surface area (TPSA) is 476 Å². The molecule has 1 aliphatic heterocycles. The first-order valence-electron chi connectivity index (χ1n) is 10.7. The van der Waals surface area contributed by atoms with Crippen LogP contribution in [0.15, 0.2) is 0 Å². The minimum Gasteiger partial charge on any atom is -0.756 e. The maximum Gasteiger partial charge on any atom is 0.262 e. The summed E-state index contributed by atoms with van der Waals surface area (Å²) in [5, 5.41) is 16.7. The summed E-state index contributed by atoms with van der Waals surface area (Å²) in [6.07, 6.45) is 0. The average molecular weight is 686 g/mol. The Bertz CT molecular complexity index is 515. The molecular weight excluding hydrogens is 640 g/mol. The van der Waals surface area contributed by atoms with Crippen LogP contribution in [0.5, 0.6) is 0 Å². The monoisotopic (exact) mass is 686 g/mol. The van der Waals surface area contributed by atoms with Gasteiger partial charge < -0.3 is 102 Å². The van der Waals surface area contributed by atoms with E-state index in [4.69, 9.17) is 77.0 Å². The lowest BCUT2D eigenvalue weighted by molar-refractivity contribution is -0.724. The molecule has 24 nitrogen and oxygen atoms in total. The molecule has 1 saturated heterocycles. The Morgan fingerprint density at radius 1 is 0.400 bits per heavy atom. The van der Waals surface area contributed by atoms with Gasteiger partial charge in [0, 0.05) is 26.2 Å². The lowest BCUT2D eigenvalue weighted by atomic mass is 10.4. The Labute approximate surface area is 230 Å². The summed E-state index contributed by atoms with van der Waals surface area (Å²) in [6, 6.07) is 0. The minimum absolute atomic E-state index is 0. The summed E-state index contributed by atoms with van der Waals surface area (Å²) in [6.45, 7) is 14.3. The van der Waals surface area contributed by atoms with Gasteiger partial charge in [0.2, 0.25) is 0 Å². The highest BCUT2D eigenvalue weighted by Gasteiger charge is 1.98. The number of phosphoric acid groups is 4. The van der Waals surface area contributed by atoms with Gasteiger partial charge in [0.1, 0.15) is 26.2 Å². The van der Waals surface area contributed by atoms with Crippen LogP contribution in [0.2, 0.25) is 0 Å². The van der Waals surface area contributed by atoms with E-state index in [1.807, 2.05) is 0 Å². The normalized spacial score (nSPS) is 16.7. The van der Waals surface area contributed by atoms with Gasteiger partial charge in [0.25, 0.3) is 31.3 Å². The van der Waals surface area contributed by atoms with Gasteiger partial charge in [-0.25, -0.2) is 0 Å². The number of nitrogens with one attached hydrogen (secondary N) is 2. The average Bonchev–Trinajstić information content (AvgIpc) is 2.63. The minimum atomic E-state index is -4.89. The smallest absolute Gasteiger partial charge is 0.262 e. The van der Waals surface area contributed by atoms with Gasteiger partial charge >= 0.3 is 0 Å². The van der Waals surface area contributed by atoms with Crippen LogP contribution in [-0.4, -0.2) is 129 Å². The zero-order valence-corrected chi connectivity index (χ0v) is 25.0. The highest BCUT2D eigenvalue weighted by molar-refractivity contribution is 7.44. The van der Waals surface area contributed by atoms with E-state index in [1.54, 1.807) is 0 Å². The lowest BCUT2D eigenvalue weighted by Crippen LogP contribution is -2.97. The Hall–Kier alpha value is 0.120. The van der Waals surface area contributed by atoms with E-state index in [-0.39, 0.29) is 11.0 Å². The van der Waals surface area contributed by atoms with E-state index in [0.717, 1.165) is 26.2 Å². The maximum atomic E-state index is 8.77. The number of nitrogens with two attached hydrogens (primary N) is 4. The molecule has 0 bridgehead atoms. The number of quaternary nitrogens is 4. The van der Waals surface area contributed by atoms with Crippen molar-refractivity contribution in [2.45, 2.75) is 0 Å². The highest BCUT2D eigenvalue weighted by atomic mass is 31.2. The Morgan fingerprint density at radius 3 is 0.650 bits per heavy atom. The van der Waals surface area contributed by atoms with Crippen molar-refractivity contribution in [3.63, 3.8) is 0 Å². The third-order valence-corrected chi connectivity index (χ3v) is 3.25. The third kappa shape index (κ3) is 160. The zero-order chi connectivity index (χ0) is 30.7. The fourth-order valence-corrected chi connectivity index (χ4v) is 2.12. The molecule has 0 aromatic heterocycles. The van der Waals surface area contributed by atoms with Gasteiger partial charge in [-0.1, -0.05) is 0 Å². The SMILES string of the molecule is C1C[NH2+]CC[NH2+]CCNCC[NH2+]CC[NH2+]CCN1.O.O.O=P([O-])(O)O.O=P([O-])(O)O.O=P([O-])(O)O.O=P([O-])(O)O. The molecule has 0 amide bonds. The molecular formula is C12H46N6O18P4. The van der Waals surface area contributed by atoms with E-state index in [9.17, 15) is 0 Å². The molecule has 0 radical (unpaired) electrons. The first-order chi connectivity index (χ1) is 17.0. The van der Waals surface area contributed by atoms with Gasteiger partial charge in [-0.2, -0.15) is 0 Å². The zero-order valence-electron chi connectivity index (χ0n) is 21.4. The molecule has 0 spiro atoms. The lowest BCUT2D eigenvalue weighted by Gasteiger charge is -2.07. The first-order valence-corrected chi connectivity index (χ1v) is 16.9. The van der Waals surface area contributed by atoms with E-state index >= 15 is 0 Å². The second kappa shape index (κ2) is 32.0. The largest absolute Gasteiger partial charge is 0.756 e. The second-order valence-corrected chi connectivity index (χ2v) is 10.9. The standard InChI is InChI=1S/C12H30N6.4H3O4P.2H2O/c1-2-14-5-6-16-9-10-18-12-11-17-8-7-15-4-3-13-1;4*1-5(2,3)4;;/h13-18H,1-12H2;4*(H3,1,2,3,4);2*1H2. The summed E-state index contributed by atoms with van der Waals surface area (Å²) < 4.78 is 35.1. The van der Waals surface area contributed by atoms with Crippen molar-refractivity contribution in [3.8, 4) is 0 Å². The molecule has 252 valence electrons. The van der Waals surface area contributed by atoms with E-state index in [1.165, 1.54) is 52.4 Å². The molecule has 0 saturated carbocycles. The van der Waals surface area contributed by atoms with Crippen LogP contribution >= 0.6 is 31.3 Å². The molecule has 0 atom stereocenters. The molecule has 0 aromatic carbocycles. The van der Waals surface area contributed by atoms with Gasteiger partial charge in [-0.3, -0.25) is 18.3 Å². The quantitative estimate of drug-likeness (QED) is 0.105. The van der Waals surface area contributed by atoms with Gasteiger partial charge in [-0.05, 0) is 0 Å². The second-order valence-electron chi connectivity index (χ2n) is 6.93. The summed E-state index contributed by atoms with van der Waals surface area (Å²) in [7, 11) is -19.6. The van der Waals surface area contributed by atoms with Crippen molar-refractivity contribution < 1.29 is 109 Å². The van der Waals surface area contributed by atoms with Crippen LogP contribution < -0.4 is 51.5 Å². The fourth-order valence-electron chi connectivity index (χ4n) is 2.12. The van der Waals surface area contributed by atoms with Crippen molar-refractivity contribution in [2.24, 2.45) is 0 Å². The Morgan fingerprint density at radius 2 is 0.525 bits per heavy atom. The molecule has 0 unspecified atom stereocenters. The molecule has 1 fully saturated rings. The Kier molecular flexibility index (Phi) is 42.2. The first kappa shape index (κ1) is 52.7. The summed E-state index contributed by atoms with van der Waals surface area (Å²) in [5.41, 5.74) is 0. The van der Waals surface area contributed by atoms with E-state index in [0.29, 0.717) is 0 Å². The van der Waals surface area contributed by atoms with E-state index in [2.05, 4.69) is 31.9 Å². The summed E-state index contributed by atoms with van der Waals surface area (Å²) in [5.74, 6) is 0. The molecule has 1 heterocycles. The molecule has 1 rings (SSSR count). The molecule has 0 aromatic rings. The fraction of sp³-hybridized carbons (Fsp3) is 1.00. The molecule has 40 heavy (non-hydrogen) atoms. The molecule has 22 N–H and O–H groups in total. The molecule has 0 aliphatic carbocycles. The highest BCUT2D eigenvalue weighted by Crippen LogP contribution is 2.20. The number of rotatable bonds is 0. The van der Waals surface area contributed by atoms with Crippen LogP contribution in [0.4, 0.5) is 0 Å².